The summed E-state index contributed by atoms with van der Waals surface area (Å²) in [5.41, 5.74) is 1.80. The molecule has 0 aliphatic rings. The van der Waals surface area contributed by atoms with Gasteiger partial charge in [0.2, 0.25) is 0 Å². The third-order valence-corrected chi connectivity index (χ3v) is 1.70. The van der Waals surface area contributed by atoms with Gasteiger partial charge in [0, 0.05) is 5.56 Å². The molecule has 1 heterocycles. The van der Waals surface area contributed by atoms with Crippen LogP contribution in [0.4, 0.5) is 0 Å². The van der Waals surface area contributed by atoms with E-state index in [0.717, 1.165) is 6.29 Å². The Morgan fingerprint density at radius 2 is 2.38 bits per heavy atom. The number of oxazole rings is 1. The molecule has 0 saturated heterocycles. The van der Waals surface area contributed by atoms with Gasteiger partial charge in [-0.15, -0.1) is 0 Å². The number of hydrogen-bond donors (Lipinski definition) is 0. The summed E-state index contributed by atoms with van der Waals surface area (Å²) in [5, 5.41) is 0. The highest BCUT2D eigenvalue weighted by molar-refractivity contribution is 5.83. The number of methoxy groups -OCH3 is 1. The summed E-state index contributed by atoms with van der Waals surface area (Å²) in [6.07, 6.45) is 0.965. The molecule has 0 unspecified atom stereocenters. The Balaban J connectivity index is 2.63. The van der Waals surface area contributed by atoms with Gasteiger partial charge in [-0.25, -0.2) is 0 Å². The molecule has 0 atom stereocenters. The fraction of sp³-hybridized carbons (Fsp3) is 0.111. The number of aldehydes is 1. The number of carbonyl (C=O) groups excluding carboxylic acids is 1. The average Bonchev–Trinajstić information content (AvgIpc) is 2.58. The maximum absolute atomic E-state index is 10.4. The van der Waals surface area contributed by atoms with Crippen molar-refractivity contribution in [2.45, 2.75) is 0 Å². The van der Waals surface area contributed by atoms with Crippen molar-refractivity contribution in [2.24, 2.45) is 0 Å². The highest BCUT2D eigenvalue weighted by atomic mass is 16.6. The molecule has 0 N–H and O–H groups in total. The van der Waals surface area contributed by atoms with Gasteiger partial charge in [0.15, 0.2) is 5.58 Å². The van der Waals surface area contributed by atoms with Crippen molar-refractivity contribution < 1.29 is 13.9 Å². The Kier molecular flexibility index (Phi) is 1.73. The smallest absolute Gasteiger partial charge is 0.394 e. The molecule has 0 bridgehead atoms. The van der Waals surface area contributed by atoms with Gasteiger partial charge < -0.3 is 9.15 Å². The number of benzene rings is 1. The van der Waals surface area contributed by atoms with Crippen LogP contribution in [-0.4, -0.2) is 18.4 Å². The number of rotatable bonds is 2. The Bertz CT molecular complexity index is 447. The first kappa shape index (κ1) is 7.79. The van der Waals surface area contributed by atoms with Gasteiger partial charge in [-0.2, -0.15) is 4.98 Å². The zero-order valence-electron chi connectivity index (χ0n) is 6.98. The van der Waals surface area contributed by atoms with Gasteiger partial charge in [0.05, 0.1) is 7.11 Å². The molecule has 1 aromatic carbocycles. The summed E-state index contributed by atoms with van der Waals surface area (Å²) < 4.78 is 9.97. The lowest BCUT2D eigenvalue weighted by Crippen LogP contribution is -1.79. The number of hydrogen-bond acceptors (Lipinski definition) is 4. The molecule has 2 aromatic rings. The van der Waals surface area contributed by atoms with Crippen LogP contribution in [0.5, 0.6) is 6.08 Å². The quantitative estimate of drug-likeness (QED) is 0.654. The van der Waals surface area contributed by atoms with Crippen LogP contribution in [0.15, 0.2) is 22.6 Å². The largest absolute Gasteiger partial charge is 0.453 e. The van der Waals surface area contributed by atoms with Crippen LogP contribution in [0.1, 0.15) is 10.4 Å². The second-order valence-corrected chi connectivity index (χ2v) is 2.53. The normalized spacial score (nSPS) is 10.2. The van der Waals surface area contributed by atoms with Crippen molar-refractivity contribution in [3.63, 3.8) is 0 Å². The molecule has 0 aliphatic carbocycles. The van der Waals surface area contributed by atoms with Crippen LogP contribution < -0.4 is 4.74 Å². The van der Waals surface area contributed by atoms with Crippen LogP contribution in [0.3, 0.4) is 0 Å². The van der Waals surface area contributed by atoms with Crippen molar-refractivity contribution >= 4 is 17.4 Å². The van der Waals surface area contributed by atoms with E-state index in [0.29, 0.717) is 16.7 Å². The molecule has 66 valence electrons. The molecule has 2 rings (SSSR count). The highest BCUT2D eigenvalue weighted by Crippen LogP contribution is 2.20. The van der Waals surface area contributed by atoms with Crippen LogP contribution in [0.2, 0.25) is 0 Å². The van der Waals surface area contributed by atoms with E-state index in [9.17, 15) is 4.79 Å². The number of ether oxygens (including phenoxy) is 1. The van der Waals surface area contributed by atoms with Gasteiger partial charge in [-0.1, -0.05) is 0 Å². The number of nitrogens with zero attached hydrogens (tertiary/aromatic N) is 1. The van der Waals surface area contributed by atoms with Gasteiger partial charge in [-0.05, 0) is 18.2 Å². The second-order valence-electron chi connectivity index (χ2n) is 2.53. The summed E-state index contributed by atoms with van der Waals surface area (Å²) in [6, 6.07) is 5.01. The van der Waals surface area contributed by atoms with E-state index in [4.69, 9.17) is 9.15 Å². The number of aromatic nitrogens is 1. The summed E-state index contributed by atoms with van der Waals surface area (Å²) in [5.74, 6) is 0. The zero-order valence-corrected chi connectivity index (χ0v) is 6.98. The summed E-state index contributed by atoms with van der Waals surface area (Å²) in [4.78, 5) is 14.4. The van der Waals surface area contributed by atoms with E-state index in [1.54, 1.807) is 18.2 Å². The molecule has 0 radical (unpaired) electrons. The summed E-state index contributed by atoms with van der Waals surface area (Å²) in [6.45, 7) is 0. The molecular weight excluding hydrogens is 170 g/mol. The van der Waals surface area contributed by atoms with E-state index >= 15 is 0 Å². The Labute approximate surface area is 74.1 Å². The summed E-state index contributed by atoms with van der Waals surface area (Å²) >= 11 is 0. The van der Waals surface area contributed by atoms with Crippen molar-refractivity contribution in [1.82, 2.24) is 4.98 Å². The third kappa shape index (κ3) is 1.26. The lowest BCUT2D eigenvalue weighted by molar-refractivity contribution is 0.112. The van der Waals surface area contributed by atoms with E-state index in [-0.39, 0.29) is 6.08 Å². The minimum absolute atomic E-state index is 0.207. The molecule has 1 aromatic heterocycles. The monoisotopic (exact) mass is 177 g/mol. The van der Waals surface area contributed by atoms with Gasteiger partial charge in [0.1, 0.15) is 11.8 Å². The zero-order chi connectivity index (χ0) is 9.26. The van der Waals surface area contributed by atoms with Crippen LogP contribution >= 0.6 is 0 Å². The predicted molar refractivity (Wildman–Crippen MR) is 45.9 cm³/mol. The second kappa shape index (κ2) is 2.90. The first-order chi connectivity index (χ1) is 6.33. The molecule has 4 nitrogen and oxygen atoms in total. The predicted octanol–water partition coefficient (Wildman–Crippen LogP) is 1.65. The van der Waals surface area contributed by atoms with Crippen molar-refractivity contribution in [2.75, 3.05) is 7.11 Å². The standard InChI is InChI=1S/C9H7NO3/c1-12-9-10-7-3-2-6(5-11)4-8(7)13-9/h2-5H,1H3. The van der Waals surface area contributed by atoms with E-state index in [1.807, 2.05) is 0 Å². The molecule has 4 heteroatoms. The van der Waals surface area contributed by atoms with Gasteiger partial charge >= 0.3 is 6.08 Å². The Morgan fingerprint density at radius 1 is 1.54 bits per heavy atom. The summed E-state index contributed by atoms with van der Waals surface area (Å²) in [7, 11) is 1.48. The first-order valence-electron chi connectivity index (χ1n) is 3.73. The molecule has 0 fully saturated rings. The topological polar surface area (TPSA) is 52.3 Å². The molecule has 0 saturated carbocycles. The Morgan fingerprint density at radius 3 is 3.08 bits per heavy atom. The van der Waals surface area contributed by atoms with Crippen molar-refractivity contribution in [3.05, 3.63) is 23.8 Å². The number of fused-ring (bicyclic) bond motifs is 1. The third-order valence-electron chi connectivity index (χ3n) is 1.70. The highest BCUT2D eigenvalue weighted by Gasteiger charge is 2.05. The minimum Gasteiger partial charge on any atom is -0.453 e. The molecule has 0 spiro atoms. The molecule has 0 amide bonds. The lowest BCUT2D eigenvalue weighted by Gasteiger charge is -1.87. The first-order valence-corrected chi connectivity index (χ1v) is 3.73. The van der Waals surface area contributed by atoms with Gasteiger partial charge in [0.25, 0.3) is 0 Å². The van der Waals surface area contributed by atoms with Crippen LogP contribution in [0, 0.1) is 0 Å². The number of carbonyl (C=O) groups is 1. The fourth-order valence-corrected chi connectivity index (χ4v) is 1.08. The maximum atomic E-state index is 10.4. The average molecular weight is 177 g/mol. The van der Waals surface area contributed by atoms with Crippen molar-refractivity contribution in [1.29, 1.82) is 0 Å². The van der Waals surface area contributed by atoms with Crippen molar-refractivity contribution in [3.8, 4) is 6.08 Å². The van der Waals surface area contributed by atoms with E-state index in [2.05, 4.69) is 4.98 Å². The minimum atomic E-state index is 0.207. The lowest BCUT2D eigenvalue weighted by atomic mass is 10.2. The van der Waals surface area contributed by atoms with Crippen LogP contribution in [0.25, 0.3) is 11.1 Å². The SMILES string of the molecule is COc1nc2ccc(C=O)cc2o1. The Hall–Kier alpha value is -1.84. The fourth-order valence-electron chi connectivity index (χ4n) is 1.08. The van der Waals surface area contributed by atoms with E-state index in [1.165, 1.54) is 7.11 Å². The molecular formula is C9H7NO3. The molecule has 13 heavy (non-hydrogen) atoms. The van der Waals surface area contributed by atoms with Crippen LogP contribution in [-0.2, 0) is 0 Å². The maximum Gasteiger partial charge on any atom is 0.394 e. The molecule has 0 aliphatic heterocycles. The van der Waals surface area contributed by atoms with E-state index < -0.39 is 0 Å². The van der Waals surface area contributed by atoms with Gasteiger partial charge in [-0.3, -0.25) is 4.79 Å².